The first-order chi connectivity index (χ1) is 14.0. The first-order valence-corrected chi connectivity index (χ1v) is 9.39. The van der Waals surface area contributed by atoms with Gasteiger partial charge in [-0.25, -0.2) is 9.69 Å². The number of hydrogen-bond donors (Lipinski definition) is 1. The number of rotatable bonds is 7. The van der Waals surface area contributed by atoms with Crippen LogP contribution >= 0.6 is 11.6 Å². The Morgan fingerprint density at radius 2 is 1.76 bits per heavy atom. The molecule has 0 atom stereocenters. The molecule has 0 aromatic heterocycles. The van der Waals surface area contributed by atoms with Crippen molar-refractivity contribution in [3.63, 3.8) is 0 Å². The number of carbonyl (C=O) groups is 3. The maximum Gasteiger partial charge on any atom is 0.338 e. The smallest absolute Gasteiger partial charge is 0.338 e. The molecule has 0 fully saturated rings. The number of carbonyl (C=O) groups excluding carboxylic acids is 3. The van der Waals surface area contributed by atoms with Crippen molar-refractivity contribution in [1.82, 2.24) is 0 Å². The molecule has 1 aliphatic heterocycles. The summed E-state index contributed by atoms with van der Waals surface area (Å²) in [5, 5.41) is 2.61. The number of nitrogens with one attached hydrogen (secondary N) is 1. The Hall–Kier alpha value is -3.32. The Bertz CT molecular complexity index is 985. The van der Waals surface area contributed by atoms with E-state index < -0.39 is 17.8 Å². The third-order valence-electron chi connectivity index (χ3n) is 4.08. The lowest BCUT2D eigenvalue weighted by Crippen LogP contribution is -2.32. The zero-order valence-corrected chi connectivity index (χ0v) is 16.7. The van der Waals surface area contributed by atoms with E-state index in [2.05, 4.69) is 5.32 Å². The fourth-order valence-electron chi connectivity index (χ4n) is 2.79. The second kappa shape index (κ2) is 8.79. The summed E-state index contributed by atoms with van der Waals surface area (Å²) in [5.74, 6) is -1.08. The molecule has 2 aromatic carbocycles. The van der Waals surface area contributed by atoms with Gasteiger partial charge in [0.15, 0.2) is 0 Å². The lowest BCUT2D eigenvalue weighted by Gasteiger charge is -2.15. The first-order valence-electron chi connectivity index (χ1n) is 9.01. The molecule has 1 N–H and O–H groups in total. The molecule has 0 unspecified atom stereocenters. The number of imide groups is 1. The molecule has 150 valence electrons. The monoisotopic (exact) mass is 414 g/mol. The van der Waals surface area contributed by atoms with Crippen molar-refractivity contribution in [2.75, 3.05) is 23.4 Å². The van der Waals surface area contributed by atoms with Crippen LogP contribution in [0.5, 0.6) is 5.75 Å². The molecule has 0 saturated heterocycles. The van der Waals surface area contributed by atoms with Gasteiger partial charge < -0.3 is 14.8 Å². The van der Waals surface area contributed by atoms with Gasteiger partial charge in [-0.3, -0.25) is 9.59 Å². The van der Waals surface area contributed by atoms with Crippen LogP contribution in [0.25, 0.3) is 0 Å². The van der Waals surface area contributed by atoms with Gasteiger partial charge in [0.1, 0.15) is 16.5 Å². The van der Waals surface area contributed by atoms with Gasteiger partial charge >= 0.3 is 5.97 Å². The summed E-state index contributed by atoms with van der Waals surface area (Å²) in [6, 6.07) is 12.9. The molecular formula is C21H19ClN2O5. The van der Waals surface area contributed by atoms with E-state index >= 15 is 0 Å². The van der Waals surface area contributed by atoms with Crippen molar-refractivity contribution in [2.45, 2.75) is 13.8 Å². The molecule has 1 aliphatic rings. The summed E-state index contributed by atoms with van der Waals surface area (Å²) in [4.78, 5) is 38.3. The molecule has 1 heterocycles. The van der Waals surface area contributed by atoms with Crippen LogP contribution in [0.15, 0.2) is 59.3 Å². The standard InChI is InChI=1S/C21H19ClN2O5/c1-3-28-16-10-8-15(9-11-16)24-19(25)17(22)18(20(24)26)23-14-7-5-6-13(12-14)21(27)29-4-2/h5-12,23H,3-4H2,1-2H3. The summed E-state index contributed by atoms with van der Waals surface area (Å²) < 4.78 is 10.3. The predicted octanol–water partition coefficient (Wildman–Crippen LogP) is 3.70. The van der Waals surface area contributed by atoms with Crippen molar-refractivity contribution < 1.29 is 23.9 Å². The predicted molar refractivity (Wildman–Crippen MR) is 109 cm³/mol. The van der Waals surface area contributed by atoms with Crippen LogP contribution in [-0.2, 0) is 14.3 Å². The van der Waals surface area contributed by atoms with E-state index in [1.807, 2.05) is 6.92 Å². The number of anilines is 2. The molecule has 0 bridgehead atoms. The highest BCUT2D eigenvalue weighted by Gasteiger charge is 2.39. The molecule has 0 spiro atoms. The van der Waals surface area contributed by atoms with Crippen molar-refractivity contribution in [1.29, 1.82) is 0 Å². The van der Waals surface area contributed by atoms with E-state index in [4.69, 9.17) is 21.1 Å². The first kappa shape index (κ1) is 20.4. The van der Waals surface area contributed by atoms with Crippen LogP contribution < -0.4 is 15.0 Å². The quantitative estimate of drug-likeness (QED) is 0.549. The summed E-state index contributed by atoms with van der Waals surface area (Å²) in [5.41, 5.74) is 1.05. The molecule has 3 rings (SSSR count). The molecular weight excluding hydrogens is 396 g/mol. The van der Waals surface area contributed by atoms with Crippen molar-refractivity contribution >= 4 is 40.8 Å². The van der Waals surface area contributed by atoms with Gasteiger partial charge in [-0.1, -0.05) is 17.7 Å². The van der Waals surface area contributed by atoms with Crippen LogP contribution in [0.3, 0.4) is 0 Å². The van der Waals surface area contributed by atoms with Gasteiger partial charge in [0.2, 0.25) is 0 Å². The van der Waals surface area contributed by atoms with E-state index in [1.165, 1.54) is 6.07 Å². The van der Waals surface area contributed by atoms with Gasteiger partial charge in [0, 0.05) is 5.69 Å². The minimum Gasteiger partial charge on any atom is -0.494 e. The molecule has 8 heteroatoms. The van der Waals surface area contributed by atoms with Gasteiger partial charge in [0.25, 0.3) is 11.8 Å². The third-order valence-corrected chi connectivity index (χ3v) is 4.43. The van der Waals surface area contributed by atoms with E-state index in [-0.39, 0.29) is 17.3 Å². The number of amides is 2. The third kappa shape index (κ3) is 4.25. The molecule has 0 radical (unpaired) electrons. The van der Waals surface area contributed by atoms with Crippen LogP contribution in [0.2, 0.25) is 0 Å². The van der Waals surface area contributed by atoms with Gasteiger partial charge in [0.05, 0.1) is 24.5 Å². The maximum absolute atomic E-state index is 12.8. The SMILES string of the molecule is CCOC(=O)c1cccc(NC2=C(Cl)C(=O)N(c3ccc(OCC)cc3)C2=O)c1. The van der Waals surface area contributed by atoms with Crippen molar-refractivity contribution in [3.05, 3.63) is 64.8 Å². The molecule has 0 aliphatic carbocycles. The summed E-state index contributed by atoms with van der Waals surface area (Å²) in [7, 11) is 0. The highest BCUT2D eigenvalue weighted by atomic mass is 35.5. The Morgan fingerprint density at radius 1 is 1.03 bits per heavy atom. The Morgan fingerprint density at radius 3 is 2.41 bits per heavy atom. The number of ether oxygens (including phenoxy) is 2. The normalized spacial score (nSPS) is 13.7. The topological polar surface area (TPSA) is 84.9 Å². The fraction of sp³-hybridized carbons (Fsp3) is 0.190. The van der Waals surface area contributed by atoms with Gasteiger partial charge in [-0.2, -0.15) is 0 Å². The molecule has 7 nitrogen and oxygen atoms in total. The fourth-order valence-corrected chi connectivity index (χ4v) is 3.00. The summed E-state index contributed by atoms with van der Waals surface area (Å²) >= 11 is 6.14. The van der Waals surface area contributed by atoms with E-state index in [0.717, 1.165) is 4.90 Å². The molecule has 29 heavy (non-hydrogen) atoms. The number of esters is 1. The lowest BCUT2D eigenvalue weighted by molar-refractivity contribution is -0.120. The summed E-state index contributed by atoms with van der Waals surface area (Å²) in [6.45, 7) is 4.33. The largest absolute Gasteiger partial charge is 0.494 e. The number of hydrogen-bond acceptors (Lipinski definition) is 6. The minimum absolute atomic E-state index is 0.0634. The number of benzene rings is 2. The van der Waals surface area contributed by atoms with Crippen LogP contribution in [0, 0.1) is 0 Å². The average Bonchev–Trinajstić information content (AvgIpc) is 2.93. The Labute approximate surface area is 172 Å². The highest BCUT2D eigenvalue weighted by Crippen LogP contribution is 2.31. The Balaban J connectivity index is 1.82. The van der Waals surface area contributed by atoms with Crippen LogP contribution in [0.1, 0.15) is 24.2 Å². The number of nitrogens with zero attached hydrogens (tertiary/aromatic N) is 1. The molecule has 2 aromatic rings. The lowest BCUT2D eigenvalue weighted by atomic mass is 10.2. The highest BCUT2D eigenvalue weighted by molar-refractivity contribution is 6.53. The Kier molecular flexibility index (Phi) is 6.19. The van der Waals surface area contributed by atoms with Gasteiger partial charge in [-0.15, -0.1) is 0 Å². The van der Waals surface area contributed by atoms with E-state index in [9.17, 15) is 14.4 Å². The minimum atomic E-state index is -0.634. The average molecular weight is 415 g/mol. The zero-order valence-electron chi connectivity index (χ0n) is 15.9. The second-order valence-corrected chi connectivity index (χ2v) is 6.37. The molecule has 0 saturated carbocycles. The maximum atomic E-state index is 12.8. The van der Waals surface area contributed by atoms with E-state index in [0.29, 0.717) is 29.3 Å². The van der Waals surface area contributed by atoms with Crippen LogP contribution in [0.4, 0.5) is 11.4 Å². The van der Waals surface area contributed by atoms with Gasteiger partial charge in [-0.05, 0) is 56.3 Å². The van der Waals surface area contributed by atoms with Crippen molar-refractivity contribution in [2.24, 2.45) is 0 Å². The zero-order chi connectivity index (χ0) is 21.0. The van der Waals surface area contributed by atoms with Crippen LogP contribution in [-0.4, -0.2) is 31.0 Å². The molecule has 2 amide bonds. The summed E-state index contributed by atoms with van der Waals surface area (Å²) in [6.07, 6.45) is 0. The van der Waals surface area contributed by atoms with E-state index in [1.54, 1.807) is 49.4 Å². The second-order valence-electron chi connectivity index (χ2n) is 5.99. The van der Waals surface area contributed by atoms with Crippen molar-refractivity contribution in [3.8, 4) is 5.75 Å². The number of halogens is 1.